The number of carbonyl (C=O) groups is 1. The summed E-state index contributed by atoms with van der Waals surface area (Å²) < 4.78 is 3.92. The van der Waals surface area contributed by atoms with E-state index in [9.17, 15) is 4.79 Å². The van der Waals surface area contributed by atoms with Crippen LogP contribution in [0.2, 0.25) is 0 Å². The molecule has 0 aliphatic heterocycles. The molecule has 5 nitrogen and oxygen atoms in total. The van der Waals surface area contributed by atoms with Gasteiger partial charge in [-0.2, -0.15) is 5.10 Å². The predicted molar refractivity (Wildman–Crippen MR) is 140 cm³/mol. The number of alkyl halides is 3. The Labute approximate surface area is 212 Å². The van der Waals surface area contributed by atoms with Gasteiger partial charge in [0.2, 0.25) is 10.0 Å². The summed E-state index contributed by atoms with van der Waals surface area (Å²) in [7, 11) is 0. The number of hydrogen-bond acceptors (Lipinski definition) is 4. The van der Waals surface area contributed by atoms with Crippen molar-refractivity contribution in [3.63, 3.8) is 0 Å². The molecular weight excluding hydrogens is 493 g/mol. The SMILES string of the molecule is O=C(N[C@H](Oc1ccc(/C=N\Nc2ccccc2)cc1)C(Cl)(Cl)Cl)c1cccc2ccccc12. The van der Waals surface area contributed by atoms with Gasteiger partial charge in [0.1, 0.15) is 5.75 Å². The first-order valence-corrected chi connectivity index (χ1v) is 11.5. The third-order valence-electron chi connectivity index (χ3n) is 4.91. The Morgan fingerprint density at radius 2 is 1.53 bits per heavy atom. The fourth-order valence-electron chi connectivity index (χ4n) is 3.26. The smallest absolute Gasteiger partial charge is 0.254 e. The van der Waals surface area contributed by atoms with E-state index in [1.54, 1.807) is 42.6 Å². The molecule has 4 aromatic carbocycles. The van der Waals surface area contributed by atoms with Gasteiger partial charge in [0, 0.05) is 5.56 Å². The van der Waals surface area contributed by atoms with Gasteiger partial charge in [-0.05, 0) is 58.8 Å². The van der Waals surface area contributed by atoms with Crippen molar-refractivity contribution >= 4 is 63.4 Å². The van der Waals surface area contributed by atoms with Crippen LogP contribution in [0.4, 0.5) is 5.69 Å². The lowest BCUT2D eigenvalue weighted by Crippen LogP contribution is -2.47. The molecule has 1 atom stereocenters. The summed E-state index contributed by atoms with van der Waals surface area (Å²) in [5.41, 5.74) is 5.12. The molecule has 172 valence electrons. The highest BCUT2D eigenvalue weighted by molar-refractivity contribution is 6.68. The van der Waals surface area contributed by atoms with Gasteiger partial charge < -0.3 is 10.1 Å². The zero-order chi connectivity index (χ0) is 24.0. The number of rotatable bonds is 7. The number of nitrogens with one attached hydrogen (secondary N) is 2. The molecule has 1 amide bonds. The quantitative estimate of drug-likeness (QED) is 0.124. The van der Waals surface area contributed by atoms with Crippen LogP contribution >= 0.6 is 34.8 Å². The second-order valence-corrected chi connectivity index (χ2v) is 9.71. The molecule has 2 N–H and O–H groups in total. The normalized spacial score (nSPS) is 12.4. The second-order valence-electron chi connectivity index (χ2n) is 7.34. The van der Waals surface area contributed by atoms with Crippen molar-refractivity contribution < 1.29 is 9.53 Å². The highest BCUT2D eigenvalue weighted by Gasteiger charge is 2.36. The van der Waals surface area contributed by atoms with Crippen LogP contribution in [-0.2, 0) is 0 Å². The second kappa shape index (κ2) is 10.8. The van der Waals surface area contributed by atoms with Crippen LogP contribution in [0.15, 0.2) is 102 Å². The number of halogens is 3. The molecule has 0 aliphatic carbocycles. The van der Waals surface area contributed by atoms with E-state index >= 15 is 0 Å². The van der Waals surface area contributed by atoms with Crippen molar-refractivity contribution in [2.75, 3.05) is 5.43 Å². The molecule has 0 fully saturated rings. The van der Waals surface area contributed by atoms with E-state index in [4.69, 9.17) is 39.5 Å². The summed E-state index contributed by atoms with van der Waals surface area (Å²) in [6.45, 7) is 0. The lowest BCUT2D eigenvalue weighted by Gasteiger charge is -2.26. The molecule has 0 heterocycles. The molecule has 0 aromatic heterocycles. The third kappa shape index (κ3) is 6.20. The van der Waals surface area contributed by atoms with Gasteiger partial charge in [0.25, 0.3) is 5.91 Å². The van der Waals surface area contributed by atoms with E-state index in [-0.39, 0.29) is 0 Å². The minimum atomic E-state index is -1.90. The minimum absolute atomic E-state index is 0.413. The highest BCUT2D eigenvalue weighted by atomic mass is 35.6. The van der Waals surface area contributed by atoms with E-state index < -0.39 is 15.9 Å². The van der Waals surface area contributed by atoms with E-state index in [2.05, 4.69) is 15.8 Å². The van der Waals surface area contributed by atoms with Gasteiger partial charge in [-0.15, -0.1) is 0 Å². The number of amides is 1. The molecule has 34 heavy (non-hydrogen) atoms. The molecule has 0 bridgehead atoms. The molecule has 0 saturated carbocycles. The van der Waals surface area contributed by atoms with Crippen molar-refractivity contribution in [2.45, 2.75) is 10.0 Å². The molecule has 0 aliphatic rings. The highest BCUT2D eigenvalue weighted by Crippen LogP contribution is 2.32. The fraction of sp³-hybridized carbons (Fsp3) is 0.0769. The molecule has 0 unspecified atom stereocenters. The standard InChI is InChI=1S/C26H20Cl3N3O2/c27-26(28,29)25(31-24(33)23-12-6-8-19-7-4-5-11-22(19)23)34-21-15-13-18(14-16-21)17-30-32-20-9-2-1-3-10-20/h1-17,25,32H,(H,31,33)/b30-17-/t25-/m1/s1. The van der Waals surface area contributed by atoms with Gasteiger partial charge in [-0.1, -0.05) is 89.4 Å². The number of ether oxygens (including phenoxy) is 1. The monoisotopic (exact) mass is 511 g/mol. The summed E-state index contributed by atoms with van der Waals surface area (Å²) >= 11 is 18.4. The largest absolute Gasteiger partial charge is 0.466 e. The van der Waals surface area contributed by atoms with Crippen LogP contribution in [0.5, 0.6) is 5.75 Å². The summed E-state index contributed by atoms with van der Waals surface area (Å²) in [5, 5.41) is 8.61. The number of fused-ring (bicyclic) bond motifs is 1. The first-order chi connectivity index (χ1) is 16.4. The first-order valence-electron chi connectivity index (χ1n) is 10.4. The van der Waals surface area contributed by atoms with Crippen LogP contribution in [0.3, 0.4) is 0 Å². The van der Waals surface area contributed by atoms with Crippen LogP contribution in [0.25, 0.3) is 10.8 Å². The van der Waals surface area contributed by atoms with Crippen LogP contribution in [-0.4, -0.2) is 22.1 Å². The maximum Gasteiger partial charge on any atom is 0.254 e. The molecule has 0 spiro atoms. The van der Waals surface area contributed by atoms with Crippen molar-refractivity contribution in [2.24, 2.45) is 5.10 Å². The Balaban J connectivity index is 1.44. The first kappa shape index (κ1) is 23.9. The van der Waals surface area contributed by atoms with Crippen molar-refractivity contribution in [1.29, 1.82) is 0 Å². The average molecular weight is 513 g/mol. The topological polar surface area (TPSA) is 62.7 Å². The summed E-state index contributed by atoms with van der Waals surface area (Å²) in [5.74, 6) is 0.00609. The number of anilines is 1. The zero-order valence-electron chi connectivity index (χ0n) is 17.8. The number of carbonyl (C=O) groups excluding carboxylic acids is 1. The van der Waals surface area contributed by atoms with Gasteiger partial charge in [0.15, 0.2) is 0 Å². The van der Waals surface area contributed by atoms with E-state index in [0.717, 1.165) is 22.0 Å². The Morgan fingerprint density at radius 3 is 2.26 bits per heavy atom. The fourth-order valence-corrected chi connectivity index (χ4v) is 3.56. The van der Waals surface area contributed by atoms with Gasteiger partial charge in [-0.3, -0.25) is 10.2 Å². The summed E-state index contributed by atoms with van der Waals surface area (Å²) in [4.78, 5) is 13.0. The minimum Gasteiger partial charge on any atom is -0.466 e. The van der Waals surface area contributed by atoms with E-state index in [1.165, 1.54) is 0 Å². The molecule has 0 saturated heterocycles. The lowest BCUT2D eigenvalue weighted by molar-refractivity contribution is 0.0835. The third-order valence-corrected chi connectivity index (χ3v) is 5.50. The number of hydrogen-bond donors (Lipinski definition) is 2. The van der Waals surface area contributed by atoms with Crippen molar-refractivity contribution in [3.05, 3.63) is 108 Å². The van der Waals surface area contributed by atoms with E-state index in [0.29, 0.717) is 11.3 Å². The van der Waals surface area contributed by atoms with E-state index in [1.807, 2.05) is 60.7 Å². The average Bonchev–Trinajstić information content (AvgIpc) is 2.84. The Hall–Kier alpha value is -3.25. The molecular formula is C26H20Cl3N3O2. The maximum absolute atomic E-state index is 13.0. The van der Waals surface area contributed by atoms with Crippen molar-refractivity contribution in [1.82, 2.24) is 5.32 Å². The lowest BCUT2D eigenvalue weighted by atomic mass is 10.0. The van der Waals surface area contributed by atoms with Gasteiger partial charge >= 0.3 is 0 Å². The molecule has 4 aromatic rings. The Morgan fingerprint density at radius 1 is 0.853 bits per heavy atom. The molecule has 4 rings (SSSR count). The summed E-state index contributed by atoms with van der Waals surface area (Å²) in [6, 6.07) is 29.6. The number of hydrazone groups is 1. The maximum atomic E-state index is 13.0. The predicted octanol–water partition coefficient (Wildman–Crippen LogP) is 6.79. The molecule has 8 heteroatoms. The Bertz CT molecular complexity index is 1280. The summed E-state index contributed by atoms with van der Waals surface area (Å²) in [6.07, 6.45) is 0.453. The Kier molecular flexibility index (Phi) is 7.58. The van der Waals surface area contributed by atoms with Gasteiger partial charge in [0.05, 0.1) is 11.9 Å². The number of nitrogens with zero attached hydrogens (tertiary/aromatic N) is 1. The number of benzene rings is 4. The zero-order valence-corrected chi connectivity index (χ0v) is 20.1. The number of para-hydroxylation sites is 1. The van der Waals surface area contributed by atoms with Crippen molar-refractivity contribution in [3.8, 4) is 5.75 Å². The van der Waals surface area contributed by atoms with Crippen LogP contribution in [0, 0.1) is 0 Å². The van der Waals surface area contributed by atoms with Gasteiger partial charge in [-0.25, -0.2) is 0 Å². The molecule has 0 radical (unpaired) electrons. The van der Waals surface area contributed by atoms with Crippen LogP contribution in [0.1, 0.15) is 15.9 Å². The van der Waals surface area contributed by atoms with Crippen LogP contribution < -0.4 is 15.5 Å².